The summed E-state index contributed by atoms with van der Waals surface area (Å²) in [7, 11) is 6.03. The smallest absolute Gasteiger partial charge is 0.0726 e. The van der Waals surface area contributed by atoms with Crippen molar-refractivity contribution in [2.45, 2.75) is 51.2 Å². The fraction of sp³-hybridized carbons (Fsp3) is 0.786. The van der Waals surface area contributed by atoms with Gasteiger partial charge in [-0.3, -0.25) is 4.68 Å². The second-order valence-electron chi connectivity index (χ2n) is 5.28. The molecule has 0 aromatic carbocycles. The van der Waals surface area contributed by atoms with E-state index >= 15 is 0 Å². The summed E-state index contributed by atoms with van der Waals surface area (Å²) in [5, 5.41) is 14.7. The Hall–Kier alpha value is -0.870. The van der Waals surface area contributed by atoms with Crippen molar-refractivity contribution < 1.29 is 5.11 Å². The third-order valence-corrected chi connectivity index (χ3v) is 4.20. The number of nitrogens with zero attached hydrogens (tertiary/aromatic N) is 3. The van der Waals surface area contributed by atoms with E-state index in [1.807, 2.05) is 19.4 Å². The van der Waals surface area contributed by atoms with Gasteiger partial charge in [-0.05, 0) is 45.3 Å². The van der Waals surface area contributed by atoms with Crippen LogP contribution in [0.5, 0.6) is 0 Å². The number of aromatic nitrogens is 2. The third kappa shape index (κ3) is 3.12. The van der Waals surface area contributed by atoms with Gasteiger partial charge in [-0.2, -0.15) is 5.10 Å². The molecule has 1 N–H and O–H groups in total. The van der Waals surface area contributed by atoms with Crippen molar-refractivity contribution in [2.24, 2.45) is 7.05 Å². The lowest BCUT2D eigenvalue weighted by atomic mass is 9.82. The molecule has 0 aliphatic carbocycles. The molecule has 0 aliphatic rings. The molecule has 0 saturated heterocycles. The van der Waals surface area contributed by atoms with E-state index in [0.717, 1.165) is 25.7 Å². The summed E-state index contributed by atoms with van der Waals surface area (Å²) in [4.78, 5) is 2.17. The number of aliphatic hydroxyl groups is 1. The van der Waals surface area contributed by atoms with Crippen molar-refractivity contribution in [3.8, 4) is 0 Å². The van der Waals surface area contributed by atoms with Crippen LogP contribution in [0, 0.1) is 0 Å². The Kier molecular flexibility index (Phi) is 5.35. The minimum Gasteiger partial charge on any atom is -0.391 e. The molecule has 0 spiro atoms. The highest BCUT2D eigenvalue weighted by molar-refractivity contribution is 5.05. The average Bonchev–Trinajstić information content (AvgIpc) is 2.74. The Morgan fingerprint density at radius 2 is 2.00 bits per heavy atom. The number of aryl methyl sites for hydroxylation is 2. The van der Waals surface area contributed by atoms with E-state index in [2.05, 4.69) is 37.9 Å². The van der Waals surface area contributed by atoms with Crippen LogP contribution in [0.25, 0.3) is 0 Å². The van der Waals surface area contributed by atoms with Gasteiger partial charge in [-0.1, -0.05) is 13.8 Å². The Labute approximate surface area is 111 Å². The highest BCUT2D eigenvalue weighted by Gasteiger charge is 2.36. The molecular weight excluding hydrogens is 226 g/mol. The molecule has 1 rings (SSSR count). The number of rotatable bonds is 7. The number of hydrogen-bond acceptors (Lipinski definition) is 3. The van der Waals surface area contributed by atoms with Crippen LogP contribution in [0.4, 0.5) is 0 Å². The first-order valence-electron chi connectivity index (χ1n) is 6.79. The van der Waals surface area contributed by atoms with Crippen molar-refractivity contribution in [2.75, 3.05) is 14.1 Å². The lowest BCUT2D eigenvalue weighted by Crippen LogP contribution is -2.52. The van der Waals surface area contributed by atoms with Crippen LogP contribution in [-0.2, 0) is 13.5 Å². The zero-order chi connectivity index (χ0) is 13.8. The molecule has 0 radical (unpaired) electrons. The van der Waals surface area contributed by atoms with Crippen molar-refractivity contribution in [3.63, 3.8) is 0 Å². The molecule has 1 aromatic heterocycles. The van der Waals surface area contributed by atoms with Crippen molar-refractivity contribution in [1.82, 2.24) is 14.7 Å². The van der Waals surface area contributed by atoms with Crippen molar-refractivity contribution >= 4 is 0 Å². The largest absolute Gasteiger partial charge is 0.391 e. The zero-order valence-corrected chi connectivity index (χ0v) is 12.3. The maximum atomic E-state index is 10.5. The standard InChI is InChI=1S/C14H27N3O/c1-6-14(7-2,16(3)4)13(18)9-8-12-10-15-17(5)11-12/h10-11,13,18H,6-9H2,1-5H3. The quantitative estimate of drug-likeness (QED) is 0.806. The van der Waals surface area contributed by atoms with Crippen LogP contribution >= 0.6 is 0 Å². The summed E-state index contributed by atoms with van der Waals surface area (Å²) >= 11 is 0. The van der Waals surface area contributed by atoms with Crippen LogP contribution in [0.2, 0.25) is 0 Å². The highest BCUT2D eigenvalue weighted by atomic mass is 16.3. The van der Waals surface area contributed by atoms with Gasteiger partial charge in [0, 0.05) is 18.8 Å². The Morgan fingerprint density at radius 3 is 2.39 bits per heavy atom. The first kappa shape index (κ1) is 15.2. The summed E-state index contributed by atoms with van der Waals surface area (Å²) in [5.41, 5.74) is 1.08. The summed E-state index contributed by atoms with van der Waals surface area (Å²) in [6, 6.07) is 0. The van der Waals surface area contributed by atoms with E-state index in [-0.39, 0.29) is 11.6 Å². The first-order valence-corrected chi connectivity index (χ1v) is 6.79. The molecule has 1 unspecified atom stereocenters. The SMILES string of the molecule is CCC(CC)(C(O)CCc1cnn(C)c1)N(C)C. The van der Waals surface area contributed by atoms with Crippen LogP contribution in [-0.4, -0.2) is 45.5 Å². The molecule has 1 atom stereocenters. The van der Waals surface area contributed by atoms with Crippen LogP contribution in [0.1, 0.15) is 38.7 Å². The topological polar surface area (TPSA) is 41.3 Å². The van der Waals surface area contributed by atoms with Crippen molar-refractivity contribution in [1.29, 1.82) is 0 Å². The number of hydrogen-bond donors (Lipinski definition) is 1. The van der Waals surface area contributed by atoms with E-state index in [1.54, 1.807) is 4.68 Å². The van der Waals surface area contributed by atoms with E-state index < -0.39 is 0 Å². The molecule has 4 heteroatoms. The van der Waals surface area contributed by atoms with Crippen LogP contribution in [0.15, 0.2) is 12.4 Å². The monoisotopic (exact) mass is 253 g/mol. The molecular formula is C14H27N3O. The first-order chi connectivity index (χ1) is 8.46. The van der Waals surface area contributed by atoms with Crippen LogP contribution < -0.4 is 0 Å². The Bertz CT molecular complexity index is 356. The maximum Gasteiger partial charge on any atom is 0.0726 e. The summed E-state index contributed by atoms with van der Waals surface area (Å²) in [5.74, 6) is 0. The zero-order valence-electron chi connectivity index (χ0n) is 12.3. The van der Waals surface area contributed by atoms with Gasteiger partial charge in [0.1, 0.15) is 0 Å². The fourth-order valence-electron chi connectivity index (χ4n) is 2.82. The Morgan fingerprint density at radius 1 is 1.39 bits per heavy atom. The van der Waals surface area contributed by atoms with Gasteiger partial charge in [0.15, 0.2) is 0 Å². The highest BCUT2D eigenvalue weighted by Crippen LogP contribution is 2.28. The van der Waals surface area contributed by atoms with E-state index in [1.165, 1.54) is 5.56 Å². The van der Waals surface area contributed by atoms with Gasteiger partial charge in [-0.25, -0.2) is 0 Å². The van der Waals surface area contributed by atoms with E-state index in [4.69, 9.17) is 0 Å². The Balaban J connectivity index is 2.65. The number of likely N-dealkylation sites (N-methyl/N-ethyl adjacent to an activating group) is 1. The lowest BCUT2D eigenvalue weighted by molar-refractivity contribution is -0.0173. The molecule has 18 heavy (non-hydrogen) atoms. The van der Waals surface area contributed by atoms with Gasteiger partial charge < -0.3 is 10.0 Å². The van der Waals surface area contributed by atoms with Crippen molar-refractivity contribution in [3.05, 3.63) is 18.0 Å². The van der Waals surface area contributed by atoms with Crippen LogP contribution in [0.3, 0.4) is 0 Å². The maximum absolute atomic E-state index is 10.5. The second-order valence-corrected chi connectivity index (χ2v) is 5.28. The lowest BCUT2D eigenvalue weighted by Gasteiger charge is -2.42. The molecule has 1 heterocycles. The van der Waals surface area contributed by atoms with Gasteiger partial charge in [0.25, 0.3) is 0 Å². The predicted molar refractivity (Wildman–Crippen MR) is 74.5 cm³/mol. The molecule has 1 aromatic rings. The number of aliphatic hydroxyl groups excluding tert-OH is 1. The minimum atomic E-state index is -0.303. The van der Waals surface area contributed by atoms with Gasteiger partial charge in [-0.15, -0.1) is 0 Å². The second kappa shape index (κ2) is 6.34. The average molecular weight is 253 g/mol. The van der Waals surface area contributed by atoms with Gasteiger partial charge in [0.2, 0.25) is 0 Å². The third-order valence-electron chi connectivity index (χ3n) is 4.20. The summed E-state index contributed by atoms with van der Waals surface area (Å²) in [6.45, 7) is 4.30. The molecule has 104 valence electrons. The van der Waals surface area contributed by atoms with Gasteiger partial charge >= 0.3 is 0 Å². The molecule has 0 fully saturated rings. The normalized spacial score (nSPS) is 14.2. The van der Waals surface area contributed by atoms with Gasteiger partial charge in [0.05, 0.1) is 12.3 Å². The molecule has 4 nitrogen and oxygen atoms in total. The summed E-state index contributed by atoms with van der Waals surface area (Å²) < 4.78 is 1.81. The minimum absolute atomic E-state index is 0.109. The predicted octanol–water partition coefficient (Wildman–Crippen LogP) is 1.83. The fourth-order valence-corrected chi connectivity index (χ4v) is 2.82. The molecule has 0 saturated carbocycles. The molecule has 0 aliphatic heterocycles. The molecule has 0 bridgehead atoms. The van der Waals surface area contributed by atoms with E-state index in [0.29, 0.717) is 0 Å². The molecule has 0 amide bonds. The summed E-state index contributed by atoms with van der Waals surface area (Å²) in [6.07, 6.45) is 7.18. The van der Waals surface area contributed by atoms with E-state index in [9.17, 15) is 5.11 Å².